The monoisotopic (exact) mass is 273 g/mol. The van der Waals surface area contributed by atoms with Crippen LogP contribution >= 0.6 is 27.5 Å². The molecule has 0 saturated carbocycles. The van der Waals surface area contributed by atoms with Crippen molar-refractivity contribution in [1.29, 1.82) is 0 Å². The third-order valence-corrected chi connectivity index (χ3v) is 3.45. The maximum absolute atomic E-state index is 11.7. The van der Waals surface area contributed by atoms with Gasteiger partial charge in [-0.25, -0.2) is 0 Å². The molecule has 1 heterocycles. The molecule has 1 saturated heterocycles. The first kappa shape index (κ1) is 9.99. The van der Waals surface area contributed by atoms with Crippen molar-refractivity contribution in [3.05, 3.63) is 29.3 Å². The van der Waals surface area contributed by atoms with Crippen molar-refractivity contribution in [2.24, 2.45) is 0 Å². The average Bonchev–Trinajstić information content (AvgIpc) is 2.49. The lowest BCUT2D eigenvalue weighted by Crippen LogP contribution is -2.27. The Morgan fingerprint density at radius 2 is 2.14 bits per heavy atom. The number of amides is 1. The summed E-state index contributed by atoms with van der Waals surface area (Å²) in [5.74, 6) is 0.0955. The van der Waals surface area contributed by atoms with E-state index < -0.39 is 0 Å². The molecule has 1 aliphatic rings. The van der Waals surface area contributed by atoms with Crippen LogP contribution in [0.5, 0.6) is 0 Å². The molecule has 14 heavy (non-hydrogen) atoms. The molecule has 0 aromatic heterocycles. The number of para-hydroxylation sites is 1. The fourth-order valence-electron chi connectivity index (χ4n) is 1.56. The number of rotatable bonds is 1. The first-order chi connectivity index (χ1) is 6.70. The largest absolute Gasteiger partial charge is 0.310 e. The molecule has 1 aromatic rings. The Hall–Kier alpha value is -0.540. The Bertz CT molecular complexity index is 369. The molecule has 2 nitrogen and oxygen atoms in total. The fraction of sp³-hybridized carbons (Fsp3) is 0.300. The van der Waals surface area contributed by atoms with Crippen LogP contribution in [0.4, 0.5) is 5.69 Å². The summed E-state index contributed by atoms with van der Waals surface area (Å²) in [5.41, 5.74) is 0.807. The summed E-state index contributed by atoms with van der Waals surface area (Å²) in [4.78, 5) is 13.3. The van der Waals surface area contributed by atoms with Gasteiger partial charge in [0.2, 0.25) is 5.91 Å². The number of carbonyl (C=O) groups is 1. The minimum atomic E-state index is -0.0567. The molecule has 1 atom stereocenters. The van der Waals surface area contributed by atoms with Gasteiger partial charge in [-0.05, 0) is 18.6 Å². The number of halogens is 2. The van der Waals surface area contributed by atoms with Crippen LogP contribution in [-0.2, 0) is 4.79 Å². The zero-order chi connectivity index (χ0) is 10.1. The topological polar surface area (TPSA) is 20.3 Å². The van der Waals surface area contributed by atoms with Crippen molar-refractivity contribution in [3.63, 3.8) is 0 Å². The molecule has 0 N–H and O–H groups in total. The molecule has 1 aliphatic heterocycles. The molecule has 4 heteroatoms. The Balaban J connectivity index is 2.33. The van der Waals surface area contributed by atoms with Gasteiger partial charge in [-0.3, -0.25) is 4.79 Å². The van der Waals surface area contributed by atoms with Gasteiger partial charge in [0.05, 0.1) is 15.5 Å². The maximum atomic E-state index is 11.7. The van der Waals surface area contributed by atoms with Gasteiger partial charge in [0.15, 0.2) is 0 Å². The average molecular weight is 275 g/mol. The van der Waals surface area contributed by atoms with E-state index >= 15 is 0 Å². The number of benzene rings is 1. The quantitative estimate of drug-likeness (QED) is 0.721. The summed E-state index contributed by atoms with van der Waals surface area (Å²) in [7, 11) is 0. The van der Waals surface area contributed by atoms with Crippen LogP contribution in [0, 0.1) is 0 Å². The predicted octanol–water partition coefficient (Wildman–Crippen LogP) is 2.84. The van der Waals surface area contributed by atoms with Crippen LogP contribution in [0.3, 0.4) is 0 Å². The second kappa shape index (κ2) is 3.91. The molecule has 2 rings (SSSR count). The van der Waals surface area contributed by atoms with Crippen molar-refractivity contribution in [3.8, 4) is 0 Å². The second-order valence-corrected chi connectivity index (χ2v) is 4.71. The lowest BCUT2D eigenvalue weighted by atomic mass is 10.3. The van der Waals surface area contributed by atoms with E-state index in [9.17, 15) is 4.79 Å². The highest BCUT2D eigenvalue weighted by molar-refractivity contribution is 9.10. The van der Waals surface area contributed by atoms with E-state index in [-0.39, 0.29) is 10.7 Å². The van der Waals surface area contributed by atoms with E-state index in [0.717, 1.165) is 18.7 Å². The summed E-state index contributed by atoms with van der Waals surface area (Å²) in [5, 5.41) is 0.627. The van der Waals surface area contributed by atoms with Gasteiger partial charge < -0.3 is 4.90 Å². The molecule has 1 aromatic carbocycles. The Morgan fingerprint density at radius 3 is 2.71 bits per heavy atom. The number of anilines is 1. The van der Waals surface area contributed by atoms with Crippen molar-refractivity contribution in [2.75, 3.05) is 11.4 Å². The molecule has 0 radical (unpaired) electrons. The van der Waals surface area contributed by atoms with Gasteiger partial charge in [0.25, 0.3) is 0 Å². The minimum absolute atomic E-state index is 0.0567. The zero-order valence-electron chi connectivity index (χ0n) is 7.41. The van der Waals surface area contributed by atoms with E-state index in [2.05, 4.69) is 15.9 Å². The van der Waals surface area contributed by atoms with Gasteiger partial charge in [-0.1, -0.05) is 39.7 Å². The molecule has 1 amide bonds. The highest BCUT2D eigenvalue weighted by atomic mass is 79.9. The Kier molecular flexibility index (Phi) is 2.79. The lowest BCUT2D eigenvalue weighted by molar-refractivity contribution is -0.116. The smallest absolute Gasteiger partial charge is 0.240 e. The summed E-state index contributed by atoms with van der Waals surface area (Å²) < 4.78 is 0. The highest BCUT2D eigenvalue weighted by Gasteiger charge is 2.31. The molecule has 74 valence electrons. The van der Waals surface area contributed by atoms with E-state index in [1.54, 1.807) is 11.0 Å². The number of alkyl halides is 1. The van der Waals surface area contributed by atoms with Gasteiger partial charge in [-0.15, -0.1) is 0 Å². The van der Waals surface area contributed by atoms with Crippen molar-refractivity contribution >= 4 is 39.1 Å². The zero-order valence-corrected chi connectivity index (χ0v) is 9.75. The fourth-order valence-corrected chi connectivity index (χ4v) is 2.24. The second-order valence-electron chi connectivity index (χ2n) is 3.20. The molecule has 0 spiro atoms. The highest BCUT2D eigenvalue weighted by Crippen LogP contribution is 2.30. The SMILES string of the molecule is O=C1[C@@H](Br)CCN1c1ccccc1Cl. The summed E-state index contributed by atoms with van der Waals surface area (Å²) in [6, 6.07) is 7.41. The summed E-state index contributed by atoms with van der Waals surface area (Å²) in [6.07, 6.45) is 0.837. The molecular weight excluding hydrogens is 265 g/mol. The Morgan fingerprint density at radius 1 is 1.43 bits per heavy atom. The molecule has 0 bridgehead atoms. The maximum Gasteiger partial charge on any atom is 0.240 e. The number of nitrogens with zero attached hydrogens (tertiary/aromatic N) is 1. The van der Waals surface area contributed by atoms with Crippen LogP contribution in [0.2, 0.25) is 5.02 Å². The van der Waals surface area contributed by atoms with Crippen molar-refractivity contribution in [1.82, 2.24) is 0 Å². The third-order valence-electron chi connectivity index (χ3n) is 2.28. The Labute approximate surface area is 96.0 Å². The van der Waals surface area contributed by atoms with E-state index in [1.165, 1.54) is 0 Å². The number of hydrogen-bond donors (Lipinski definition) is 0. The molecular formula is C10H9BrClNO. The number of hydrogen-bond acceptors (Lipinski definition) is 1. The van der Waals surface area contributed by atoms with Gasteiger partial charge in [-0.2, -0.15) is 0 Å². The van der Waals surface area contributed by atoms with Crippen molar-refractivity contribution in [2.45, 2.75) is 11.2 Å². The molecule has 1 fully saturated rings. The van der Waals surface area contributed by atoms with Crippen LogP contribution in [-0.4, -0.2) is 17.3 Å². The van der Waals surface area contributed by atoms with Crippen LogP contribution in [0.25, 0.3) is 0 Å². The van der Waals surface area contributed by atoms with E-state index in [4.69, 9.17) is 11.6 Å². The minimum Gasteiger partial charge on any atom is -0.310 e. The molecule has 0 aliphatic carbocycles. The van der Waals surface area contributed by atoms with Gasteiger partial charge in [0.1, 0.15) is 0 Å². The lowest BCUT2D eigenvalue weighted by Gasteiger charge is -2.16. The number of carbonyl (C=O) groups excluding carboxylic acids is 1. The summed E-state index contributed by atoms with van der Waals surface area (Å²) in [6.45, 7) is 0.735. The first-order valence-corrected chi connectivity index (χ1v) is 5.69. The summed E-state index contributed by atoms with van der Waals surface area (Å²) >= 11 is 9.34. The third kappa shape index (κ3) is 1.66. The van der Waals surface area contributed by atoms with Gasteiger partial charge in [0, 0.05) is 6.54 Å². The van der Waals surface area contributed by atoms with Crippen LogP contribution in [0.1, 0.15) is 6.42 Å². The standard InChI is InChI=1S/C10H9BrClNO/c11-7-5-6-13(10(7)14)9-4-2-1-3-8(9)12/h1-4,7H,5-6H2/t7-/m0/s1. The molecule has 0 unspecified atom stereocenters. The normalized spacial score (nSPS) is 21.7. The van der Waals surface area contributed by atoms with E-state index in [1.807, 2.05) is 18.2 Å². The first-order valence-electron chi connectivity index (χ1n) is 4.40. The van der Waals surface area contributed by atoms with Crippen LogP contribution in [0.15, 0.2) is 24.3 Å². The van der Waals surface area contributed by atoms with E-state index in [0.29, 0.717) is 5.02 Å². The van der Waals surface area contributed by atoms with Crippen molar-refractivity contribution < 1.29 is 4.79 Å². The van der Waals surface area contributed by atoms with Crippen LogP contribution < -0.4 is 4.90 Å². The predicted molar refractivity (Wildman–Crippen MR) is 61.1 cm³/mol. The van der Waals surface area contributed by atoms with Gasteiger partial charge >= 0.3 is 0 Å².